The zero-order valence-corrected chi connectivity index (χ0v) is 15.8. The molecule has 2 aromatic heterocycles. The maximum Gasteiger partial charge on any atom is 0.253 e. The summed E-state index contributed by atoms with van der Waals surface area (Å²) < 4.78 is 35.5. The number of pyridine rings is 1. The van der Waals surface area contributed by atoms with Gasteiger partial charge < -0.3 is 14.5 Å². The van der Waals surface area contributed by atoms with Crippen LogP contribution in [0.4, 0.5) is 8.78 Å². The van der Waals surface area contributed by atoms with Crippen LogP contribution in [0.2, 0.25) is 5.02 Å². The molecule has 3 heterocycles. The Balaban J connectivity index is 1.60. The van der Waals surface area contributed by atoms with E-state index in [1.54, 1.807) is 6.07 Å². The average molecular weight is 397 g/mol. The predicted octanol–water partition coefficient (Wildman–Crippen LogP) is 4.65. The highest BCUT2D eigenvalue weighted by molar-refractivity contribution is 6.34. The van der Waals surface area contributed by atoms with Crippen molar-refractivity contribution in [1.82, 2.24) is 9.72 Å². The van der Waals surface area contributed by atoms with Crippen LogP contribution < -0.4 is 5.32 Å². The van der Waals surface area contributed by atoms with Gasteiger partial charge in [0.25, 0.3) is 11.8 Å². The third kappa shape index (κ3) is 3.57. The summed E-state index contributed by atoms with van der Waals surface area (Å²) in [5.41, 5.74) is 2.02. The molecule has 1 saturated heterocycles. The highest BCUT2D eigenvalue weighted by atomic mass is 35.5. The van der Waals surface area contributed by atoms with Gasteiger partial charge in [-0.05, 0) is 37.5 Å². The van der Waals surface area contributed by atoms with Crippen LogP contribution in [0.1, 0.15) is 54.1 Å². The van der Waals surface area contributed by atoms with E-state index in [-0.39, 0.29) is 24.8 Å². The Labute approximate surface area is 161 Å². The van der Waals surface area contributed by atoms with Crippen molar-refractivity contribution >= 4 is 23.0 Å². The van der Waals surface area contributed by atoms with Gasteiger partial charge in [0, 0.05) is 43.3 Å². The molecule has 4 rings (SSSR count). The molecule has 2 aromatic rings. The largest absolute Gasteiger partial charge is 0.381 e. The zero-order valence-electron chi connectivity index (χ0n) is 15.0. The van der Waals surface area contributed by atoms with Crippen molar-refractivity contribution in [1.29, 1.82) is 0 Å². The number of alkyl halides is 2. The van der Waals surface area contributed by atoms with Crippen molar-refractivity contribution < 1.29 is 18.3 Å². The van der Waals surface area contributed by atoms with Gasteiger partial charge in [-0.15, -0.1) is 0 Å². The summed E-state index contributed by atoms with van der Waals surface area (Å²) in [6.45, 7) is 1.28. The molecule has 0 radical (unpaired) electrons. The molecule has 2 aliphatic rings. The van der Waals surface area contributed by atoms with E-state index in [4.69, 9.17) is 16.3 Å². The van der Waals surface area contributed by atoms with E-state index >= 15 is 0 Å². The first-order valence-corrected chi connectivity index (χ1v) is 9.88. The molecule has 0 bridgehead atoms. The molecule has 1 saturated carbocycles. The fraction of sp³-hybridized carbons (Fsp3) is 0.550. The Bertz CT molecular complexity index is 846. The molecule has 146 valence electrons. The molecular formula is C20H23ClF2N2O2. The van der Waals surface area contributed by atoms with Crippen LogP contribution in [0.25, 0.3) is 5.52 Å². The topological polar surface area (TPSA) is 42.7 Å². The fourth-order valence-electron chi connectivity index (χ4n) is 4.23. The summed E-state index contributed by atoms with van der Waals surface area (Å²) in [4.78, 5) is 12.8. The molecule has 0 aromatic carbocycles. The number of carbonyl (C=O) groups excluding carboxylic acids is 1. The van der Waals surface area contributed by atoms with E-state index in [9.17, 15) is 13.6 Å². The van der Waals surface area contributed by atoms with Crippen molar-refractivity contribution in [2.75, 3.05) is 19.8 Å². The molecule has 0 spiro atoms. The average Bonchev–Trinajstić information content (AvgIpc) is 3.28. The number of hydrogen-bond acceptors (Lipinski definition) is 2. The summed E-state index contributed by atoms with van der Waals surface area (Å²) in [6, 6.07) is 5.39. The number of rotatable bonds is 4. The second-order valence-corrected chi connectivity index (χ2v) is 7.94. The molecular weight excluding hydrogens is 374 g/mol. The Morgan fingerprint density at radius 3 is 2.96 bits per heavy atom. The molecule has 1 amide bonds. The van der Waals surface area contributed by atoms with E-state index in [0.29, 0.717) is 42.2 Å². The Kier molecular flexibility index (Phi) is 5.12. The third-order valence-corrected chi connectivity index (χ3v) is 6.09. The van der Waals surface area contributed by atoms with Crippen molar-refractivity contribution in [2.24, 2.45) is 5.92 Å². The van der Waals surface area contributed by atoms with E-state index < -0.39 is 11.8 Å². The zero-order chi connectivity index (χ0) is 19.0. The van der Waals surface area contributed by atoms with Crippen LogP contribution in [-0.4, -0.2) is 36.0 Å². The number of aromatic nitrogens is 1. The van der Waals surface area contributed by atoms with Crippen LogP contribution in [-0.2, 0) is 4.74 Å². The summed E-state index contributed by atoms with van der Waals surface area (Å²) in [5, 5.41) is 3.19. The number of amides is 1. The lowest BCUT2D eigenvalue weighted by Crippen LogP contribution is -2.40. The molecule has 1 aliphatic carbocycles. The summed E-state index contributed by atoms with van der Waals surface area (Å²) in [6.07, 6.45) is 4.43. The van der Waals surface area contributed by atoms with Crippen molar-refractivity contribution in [2.45, 2.75) is 43.9 Å². The normalized spacial score (nSPS) is 25.0. The summed E-state index contributed by atoms with van der Waals surface area (Å²) >= 11 is 6.37. The van der Waals surface area contributed by atoms with Crippen molar-refractivity contribution in [3.8, 4) is 0 Å². The molecule has 4 nitrogen and oxygen atoms in total. The van der Waals surface area contributed by atoms with Crippen LogP contribution in [0.5, 0.6) is 0 Å². The van der Waals surface area contributed by atoms with Gasteiger partial charge in [-0.2, -0.15) is 0 Å². The molecule has 1 N–H and O–H groups in total. The Hall–Kier alpha value is -1.66. The predicted molar refractivity (Wildman–Crippen MR) is 99.8 cm³/mol. The van der Waals surface area contributed by atoms with Crippen LogP contribution in [0.15, 0.2) is 24.4 Å². The van der Waals surface area contributed by atoms with Crippen molar-refractivity contribution in [3.05, 3.63) is 40.7 Å². The second kappa shape index (κ2) is 7.40. The van der Waals surface area contributed by atoms with Gasteiger partial charge in [0.2, 0.25) is 0 Å². The van der Waals surface area contributed by atoms with Gasteiger partial charge >= 0.3 is 0 Å². The van der Waals surface area contributed by atoms with Crippen molar-refractivity contribution in [3.63, 3.8) is 0 Å². The molecule has 2 atom stereocenters. The van der Waals surface area contributed by atoms with Gasteiger partial charge in [-0.1, -0.05) is 18.0 Å². The van der Waals surface area contributed by atoms with Gasteiger partial charge in [0.1, 0.15) is 0 Å². The standard InChI is InChI=1S/C20H23ClF2N2O2/c21-16-5-3-8-25-17(13-6-9-27-12-13)10-15(18(16)25)19(26)24-11-14-4-1-2-7-20(14,22)23/h3,5,8,10,13-14H,1-2,4,6-7,9,11-12H2,(H,24,26). The maximum atomic E-state index is 14.1. The summed E-state index contributed by atoms with van der Waals surface area (Å²) in [7, 11) is 0. The number of fused-ring (bicyclic) bond motifs is 1. The first kappa shape index (κ1) is 18.7. The Morgan fingerprint density at radius 1 is 1.37 bits per heavy atom. The van der Waals surface area contributed by atoms with Gasteiger partial charge in [-0.25, -0.2) is 8.78 Å². The summed E-state index contributed by atoms with van der Waals surface area (Å²) in [5.74, 6) is -3.67. The number of ether oxygens (including phenoxy) is 1. The molecule has 2 unspecified atom stereocenters. The minimum Gasteiger partial charge on any atom is -0.381 e. The highest BCUT2D eigenvalue weighted by Gasteiger charge is 2.41. The first-order valence-electron chi connectivity index (χ1n) is 9.50. The number of hydrogen-bond donors (Lipinski definition) is 1. The van der Waals surface area contributed by atoms with E-state index in [2.05, 4.69) is 5.32 Å². The molecule has 2 fully saturated rings. The lowest BCUT2D eigenvalue weighted by atomic mass is 9.85. The van der Waals surface area contributed by atoms with Crippen LogP contribution >= 0.6 is 11.6 Å². The second-order valence-electron chi connectivity index (χ2n) is 7.53. The number of nitrogens with one attached hydrogen (secondary N) is 1. The maximum absolute atomic E-state index is 14.1. The molecule has 7 heteroatoms. The van der Waals surface area contributed by atoms with E-state index in [1.165, 1.54) is 0 Å². The monoisotopic (exact) mass is 396 g/mol. The van der Waals surface area contributed by atoms with Gasteiger partial charge in [0.05, 0.1) is 22.7 Å². The lowest BCUT2D eigenvalue weighted by molar-refractivity contribution is -0.0835. The van der Waals surface area contributed by atoms with Gasteiger partial charge in [0.15, 0.2) is 0 Å². The minimum atomic E-state index is -2.71. The highest BCUT2D eigenvalue weighted by Crippen LogP contribution is 2.38. The first-order chi connectivity index (χ1) is 13.0. The van der Waals surface area contributed by atoms with Gasteiger partial charge in [-0.3, -0.25) is 4.79 Å². The number of nitrogens with zero attached hydrogens (tertiary/aromatic N) is 1. The van der Waals surface area contributed by atoms with E-state index in [0.717, 1.165) is 18.5 Å². The lowest BCUT2D eigenvalue weighted by Gasteiger charge is -2.31. The molecule has 27 heavy (non-hydrogen) atoms. The number of halogens is 3. The SMILES string of the molecule is O=C(NCC1CCCCC1(F)F)c1cc(C2CCOC2)n2cccc(Cl)c12. The van der Waals surface area contributed by atoms with Crippen LogP contribution in [0, 0.1) is 5.92 Å². The smallest absolute Gasteiger partial charge is 0.253 e. The Morgan fingerprint density at radius 2 is 2.22 bits per heavy atom. The van der Waals surface area contributed by atoms with E-state index in [1.807, 2.05) is 22.7 Å². The minimum absolute atomic E-state index is 0.0184. The fourth-order valence-corrected chi connectivity index (χ4v) is 4.49. The third-order valence-electron chi connectivity index (χ3n) is 5.78. The quantitative estimate of drug-likeness (QED) is 0.817. The number of carbonyl (C=O) groups is 1. The van der Waals surface area contributed by atoms with Crippen LogP contribution in [0.3, 0.4) is 0 Å². The molecule has 1 aliphatic heterocycles.